The van der Waals surface area contributed by atoms with Gasteiger partial charge >= 0.3 is 0 Å². The van der Waals surface area contributed by atoms with Crippen molar-refractivity contribution in [1.82, 2.24) is 15.0 Å². The molecule has 4 heteroatoms. The summed E-state index contributed by atoms with van der Waals surface area (Å²) in [6.45, 7) is 9.36. The molecule has 1 aliphatic carbocycles. The summed E-state index contributed by atoms with van der Waals surface area (Å²) in [6, 6.07) is 5.17. The minimum Gasteiger partial charge on any atom is -0.382 e. The van der Waals surface area contributed by atoms with Gasteiger partial charge in [0.25, 0.3) is 0 Å². The Bertz CT molecular complexity index is 924. The molecular weight excluding hydrogens is 322 g/mol. The molecule has 0 radical (unpaired) electrons. The Morgan fingerprint density at radius 3 is 2.73 bits per heavy atom. The maximum atomic E-state index is 5.84. The predicted octanol–water partition coefficient (Wildman–Crippen LogP) is 5.41. The molecule has 1 saturated heterocycles. The van der Waals surface area contributed by atoms with E-state index < -0.39 is 0 Å². The number of H-pyrrole nitrogens is 1. The Hall–Kier alpha value is -1.81. The van der Waals surface area contributed by atoms with Crippen LogP contribution in [0.25, 0.3) is 21.9 Å². The molecule has 0 atom stereocenters. The van der Waals surface area contributed by atoms with Crippen LogP contribution in [0.1, 0.15) is 69.5 Å². The first kappa shape index (κ1) is 16.4. The number of hydrogen-bond acceptors (Lipinski definition) is 3. The van der Waals surface area contributed by atoms with Gasteiger partial charge in [-0.05, 0) is 74.2 Å². The van der Waals surface area contributed by atoms with Crippen LogP contribution >= 0.6 is 0 Å². The molecular formula is C22H29N3O. The summed E-state index contributed by atoms with van der Waals surface area (Å²) in [7, 11) is 0. The van der Waals surface area contributed by atoms with Gasteiger partial charge in [-0.25, -0.2) is 5.16 Å². The number of aromatic amines is 1. The molecule has 1 aromatic carbocycles. The lowest BCUT2D eigenvalue weighted by molar-refractivity contribution is 0.0746. The second kappa shape index (κ2) is 6.12. The van der Waals surface area contributed by atoms with Gasteiger partial charge in [0.2, 0.25) is 0 Å². The normalized spacial score (nSPS) is 25.4. The maximum Gasteiger partial charge on any atom is 0.165 e. The zero-order chi connectivity index (χ0) is 17.8. The van der Waals surface area contributed by atoms with E-state index in [1.807, 2.05) is 6.20 Å². The molecule has 1 saturated carbocycles. The molecule has 1 N–H and O–H groups in total. The molecule has 2 fully saturated rings. The summed E-state index contributed by atoms with van der Waals surface area (Å²) in [5.41, 5.74) is 4.74. The molecule has 3 heterocycles. The molecule has 5 rings (SSSR count). The van der Waals surface area contributed by atoms with Gasteiger partial charge in [0.15, 0.2) is 5.58 Å². The summed E-state index contributed by atoms with van der Waals surface area (Å²) in [5.74, 6) is 1.94. The molecule has 0 bridgehead atoms. The van der Waals surface area contributed by atoms with Crippen LogP contribution in [-0.4, -0.2) is 34.2 Å². The van der Waals surface area contributed by atoms with Crippen molar-refractivity contribution in [2.45, 2.75) is 64.3 Å². The number of hydrogen-bond donors (Lipinski definition) is 1. The first-order chi connectivity index (χ1) is 12.6. The van der Waals surface area contributed by atoms with Crippen molar-refractivity contribution in [3.8, 4) is 0 Å². The summed E-state index contributed by atoms with van der Waals surface area (Å²) in [6.07, 6.45) is 7.21. The Kier molecular flexibility index (Phi) is 3.85. The van der Waals surface area contributed by atoms with E-state index in [2.05, 4.69) is 43.0 Å². The van der Waals surface area contributed by atoms with Crippen molar-refractivity contribution in [2.24, 2.45) is 5.92 Å². The third-order valence-corrected chi connectivity index (χ3v) is 6.78. The first-order valence-electron chi connectivity index (χ1n) is 10.2. The monoisotopic (exact) mass is 351 g/mol. The first-order valence-corrected chi connectivity index (χ1v) is 10.2. The van der Waals surface area contributed by atoms with Crippen molar-refractivity contribution in [1.29, 1.82) is 0 Å². The highest BCUT2D eigenvalue weighted by Crippen LogP contribution is 2.45. The molecule has 138 valence electrons. The number of fused-ring (bicyclic) bond motifs is 3. The number of aromatic nitrogens is 2. The van der Waals surface area contributed by atoms with Gasteiger partial charge in [-0.15, -0.1) is 0 Å². The van der Waals surface area contributed by atoms with Crippen LogP contribution in [0, 0.1) is 5.92 Å². The van der Waals surface area contributed by atoms with Gasteiger partial charge in [-0.1, -0.05) is 20.8 Å². The van der Waals surface area contributed by atoms with Gasteiger partial charge in [0, 0.05) is 17.6 Å². The summed E-state index contributed by atoms with van der Waals surface area (Å²) in [5, 5.41) is 5.62. The van der Waals surface area contributed by atoms with Crippen molar-refractivity contribution < 1.29 is 4.52 Å². The van der Waals surface area contributed by atoms with Crippen LogP contribution in [0.15, 0.2) is 22.9 Å². The van der Waals surface area contributed by atoms with Crippen molar-refractivity contribution >= 4 is 21.9 Å². The van der Waals surface area contributed by atoms with E-state index >= 15 is 0 Å². The van der Waals surface area contributed by atoms with E-state index in [1.54, 1.807) is 0 Å². The molecule has 3 aromatic rings. The fourth-order valence-electron chi connectivity index (χ4n) is 4.95. The number of nitrogens with one attached hydrogen (secondary N) is 1. The lowest BCUT2D eigenvalue weighted by atomic mass is 9.73. The molecule has 2 aromatic heterocycles. The van der Waals surface area contributed by atoms with Crippen LogP contribution in [0.2, 0.25) is 0 Å². The zero-order valence-electron chi connectivity index (χ0n) is 16.1. The van der Waals surface area contributed by atoms with E-state index in [-0.39, 0.29) is 0 Å². The molecule has 2 aliphatic rings. The van der Waals surface area contributed by atoms with Crippen molar-refractivity contribution in [2.75, 3.05) is 13.1 Å². The Labute approximate surface area is 154 Å². The minimum absolute atomic E-state index is 0.412. The molecule has 1 aliphatic heterocycles. The predicted molar refractivity (Wildman–Crippen MR) is 106 cm³/mol. The average Bonchev–Trinajstić information content (AvgIpc) is 3.21. The number of nitrogens with zero attached hydrogens (tertiary/aromatic N) is 2. The van der Waals surface area contributed by atoms with E-state index in [0.717, 1.165) is 17.5 Å². The van der Waals surface area contributed by atoms with Crippen LogP contribution in [-0.2, 0) is 0 Å². The van der Waals surface area contributed by atoms with Crippen molar-refractivity contribution in [3.63, 3.8) is 0 Å². The zero-order valence-corrected chi connectivity index (χ0v) is 16.1. The highest BCUT2D eigenvalue weighted by Gasteiger charge is 2.37. The number of likely N-dealkylation sites (tertiary alicyclic amines) is 1. The van der Waals surface area contributed by atoms with E-state index in [4.69, 9.17) is 9.51 Å². The third-order valence-electron chi connectivity index (χ3n) is 6.78. The highest BCUT2D eigenvalue weighted by molar-refractivity contribution is 6.07. The van der Waals surface area contributed by atoms with Gasteiger partial charge in [-0.2, -0.15) is 0 Å². The molecule has 0 amide bonds. The number of piperidine rings is 1. The quantitative estimate of drug-likeness (QED) is 0.686. The van der Waals surface area contributed by atoms with Crippen LogP contribution in [0.4, 0.5) is 0 Å². The largest absolute Gasteiger partial charge is 0.382 e. The fourth-order valence-corrected chi connectivity index (χ4v) is 4.95. The topological polar surface area (TPSA) is 45.1 Å². The SMILES string of the molecule is CC1CCN(C2CC(c3cc4o[nH]c(C(C)C)c4c4ccnc34)C2)CC1. The van der Waals surface area contributed by atoms with Crippen LogP contribution in [0.5, 0.6) is 0 Å². The Balaban J connectivity index is 1.44. The van der Waals surface area contributed by atoms with E-state index in [9.17, 15) is 0 Å². The van der Waals surface area contributed by atoms with Gasteiger partial charge in [0.05, 0.1) is 16.6 Å². The molecule has 0 unspecified atom stereocenters. The van der Waals surface area contributed by atoms with Gasteiger partial charge in [-0.3, -0.25) is 4.98 Å². The highest BCUT2D eigenvalue weighted by atomic mass is 16.5. The lowest BCUT2D eigenvalue weighted by Crippen LogP contribution is -2.47. The summed E-state index contributed by atoms with van der Waals surface area (Å²) >= 11 is 0. The third kappa shape index (κ3) is 2.50. The average molecular weight is 351 g/mol. The fraction of sp³-hybridized carbons (Fsp3) is 0.591. The van der Waals surface area contributed by atoms with E-state index in [1.165, 1.54) is 66.3 Å². The Morgan fingerprint density at radius 1 is 1.23 bits per heavy atom. The molecule has 4 nitrogen and oxygen atoms in total. The summed E-state index contributed by atoms with van der Waals surface area (Å²) in [4.78, 5) is 7.45. The minimum atomic E-state index is 0.412. The smallest absolute Gasteiger partial charge is 0.165 e. The lowest BCUT2D eigenvalue weighted by Gasteiger charge is -2.45. The number of benzene rings is 1. The van der Waals surface area contributed by atoms with E-state index in [0.29, 0.717) is 11.8 Å². The van der Waals surface area contributed by atoms with Crippen LogP contribution in [0.3, 0.4) is 0 Å². The second-order valence-electron chi connectivity index (χ2n) is 8.86. The Morgan fingerprint density at radius 2 is 2.00 bits per heavy atom. The van der Waals surface area contributed by atoms with Gasteiger partial charge < -0.3 is 9.42 Å². The standard InChI is InChI=1S/C22H29N3O/c1-13(2)21-20-17-4-7-23-22(17)18(12-19(20)26-24-21)15-10-16(11-15)25-8-5-14(3)6-9-25/h4,7,12-16,24H,5-6,8-11H2,1-3H3. The molecule has 0 spiro atoms. The summed E-state index contributed by atoms with van der Waals surface area (Å²) < 4.78 is 5.84. The molecule has 26 heavy (non-hydrogen) atoms. The van der Waals surface area contributed by atoms with Crippen molar-refractivity contribution in [3.05, 3.63) is 29.6 Å². The van der Waals surface area contributed by atoms with Crippen LogP contribution < -0.4 is 0 Å². The second-order valence-corrected chi connectivity index (χ2v) is 8.86. The maximum absolute atomic E-state index is 5.84. The van der Waals surface area contributed by atoms with Gasteiger partial charge in [0.1, 0.15) is 0 Å². The number of rotatable bonds is 3.